The molecule has 0 saturated heterocycles. The third-order valence-corrected chi connectivity index (χ3v) is 11.0. The van der Waals surface area contributed by atoms with Crippen molar-refractivity contribution in [3.63, 3.8) is 0 Å². The molecule has 1 aliphatic carbocycles. The van der Waals surface area contributed by atoms with Gasteiger partial charge in [0, 0.05) is 54.6 Å². The number of carbonyl (C=O) groups is 3. The van der Waals surface area contributed by atoms with Gasteiger partial charge in [-0.15, -0.1) is 0 Å². The molecule has 2 heterocycles. The third kappa shape index (κ3) is 8.13. The van der Waals surface area contributed by atoms with E-state index in [2.05, 4.69) is 6.92 Å². The van der Waals surface area contributed by atoms with Gasteiger partial charge in [-0.1, -0.05) is 37.1 Å². The number of carbonyl (C=O) groups excluding carboxylic acids is 3. The zero-order chi connectivity index (χ0) is 38.5. The van der Waals surface area contributed by atoms with Crippen LogP contribution in [-0.2, 0) is 33.9 Å². The van der Waals surface area contributed by atoms with Gasteiger partial charge in [-0.3, -0.25) is 14.4 Å². The van der Waals surface area contributed by atoms with Crippen molar-refractivity contribution in [3.8, 4) is 17.2 Å². The highest BCUT2D eigenvalue weighted by molar-refractivity contribution is 5.98. The molecule has 0 aromatic heterocycles. The van der Waals surface area contributed by atoms with E-state index < -0.39 is 23.8 Å². The molecule has 12 heteroatoms. The number of amides is 2. The number of nitrogens with two attached hydrogens (primary N) is 2. The lowest BCUT2D eigenvalue weighted by atomic mass is 9.77. The molecule has 3 aromatic carbocycles. The molecule has 0 radical (unpaired) electrons. The van der Waals surface area contributed by atoms with Crippen LogP contribution in [0.3, 0.4) is 0 Å². The number of methoxy groups -OCH3 is 2. The maximum Gasteiger partial charge on any atom is 0.310 e. The minimum Gasteiger partial charge on any atom is -0.497 e. The molecule has 12 nitrogen and oxygen atoms in total. The van der Waals surface area contributed by atoms with Gasteiger partial charge in [0.05, 0.1) is 37.8 Å². The van der Waals surface area contributed by atoms with Crippen molar-refractivity contribution >= 4 is 17.8 Å². The number of hydrogen-bond donors (Lipinski definition) is 2. The second-order valence-electron chi connectivity index (χ2n) is 14.7. The fourth-order valence-corrected chi connectivity index (χ4v) is 7.93. The molecule has 3 aromatic rings. The molecule has 3 unspecified atom stereocenters. The first-order valence-electron chi connectivity index (χ1n) is 18.8. The predicted octanol–water partition coefficient (Wildman–Crippen LogP) is 5.41. The Labute approximate surface area is 317 Å². The molecule has 0 bridgehead atoms. The number of benzene rings is 3. The van der Waals surface area contributed by atoms with Crippen LogP contribution in [0.1, 0.15) is 83.7 Å². The summed E-state index contributed by atoms with van der Waals surface area (Å²) in [6, 6.07) is 16.4. The normalized spacial score (nSPS) is 19.6. The number of rotatable bonds is 13. The van der Waals surface area contributed by atoms with E-state index in [-0.39, 0.29) is 37.6 Å². The Kier molecular flexibility index (Phi) is 12.0. The topological polar surface area (TPSA) is 150 Å². The van der Waals surface area contributed by atoms with E-state index in [9.17, 15) is 14.4 Å². The van der Waals surface area contributed by atoms with Crippen molar-refractivity contribution in [2.45, 2.75) is 78.1 Å². The zero-order valence-electron chi connectivity index (χ0n) is 32.0. The first-order chi connectivity index (χ1) is 26.0. The maximum atomic E-state index is 14.9. The minimum atomic E-state index is -0.603. The van der Waals surface area contributed by atoms with Crippen LogP contribution in [0.4, 0.5) is 0 Å². The van der Waals surface area contributed by atoms with Gasteiger partial charge < -0.3 is 39.5 Å². The van der Waals surface area contributed by atoms with Crippen molar-refractivity contribution in [2.24, 2.45) is 23.4 Å². The van der Waals surface area contributed by atoms with Gasteiger partial charge >= 0.3 is 5.97 Å². The zero-order valence-corrected chi connectivity index (χ0v) is 32.0. The van der Waals surface area contributed by atoms with E-state index >= 15 is 0 Å². The van der Waals surface area contributed by atoms with E-state index in [1.54, 1.807) is 32.6 Å². The molecule has 1 fully saturated rings. The van der Waals surface area contributed by atoms with Gasteiger partial charge in [0.15, 0.2) is 0 Å². The Hall–Kier alpha value is -5.23. The minimum absolute atomic E-state index is 0.0113. The first kappa shape index (κ1) is 38.5. The monoisotopic (exact) mass is 739 g/mol. The second-order valence-corrected chi connectivity index (χ2v) is 14.7. The summed E-state index contributed by atoms with van der Waals surface area (Å²) < 4.78 is 23.1. The molecule has 0 spiro atoms. The summed E-state index contributed by atoms with van der Waals surface area (Å²) in [5, 5.41) is 1.53. The van der Waals surface area contributed by atoms with Gasteiger partial charge in [0.25, 0.3) is 5.91 Å². The van der Waals surface area contributed by atoms with Crippen molar-refractivity contribution < 1.29 is 33.3 Å². The summed E-state index contributed by atoms with van der Waals surface area (Å²) in [5.41, 5.74) is 12.2. The molecule has 6 rings (SSSR count). The Bertz CT molecular complexity index is 1890. The van der Waals surface area contributed by atoms with Crippen LogP contribution >= 0.6 is 0 Å². The van der Waals surface area contributed by atoms with Crippen molar-refractivity contribution in [3.05, 3.63) is 99.9 Å². The van der Waals surface area contributed by atoms with Crippen LogP contribution in [0, 0.1) is 18.8 Å². The van der Waals surface area contributed by atoms with Crippen LogP contribution in [-0.4, -0.2) is 72.6 Å². The summed E-state index contributed by atoms with van der Waals surface area (Å²) in [6.07, 6.45) is 5.03. The lowest BCUT2D eigenvalue weighted by molar-refractivity contribution is -0.159. The smallest absolute Gasteiger partial charge is 0.310 e. The Balaban J connectivity index is 1.30. The summed E-state index contributed by atoms with van der Waals surface area (Å²) in [6.45, 7) is 7.22. The van der Waals surface area contributed by atoms with Gasteiger partial charge in [-0.25, -0.2) is 5.84 Å². The lowest BCUT2D eigenvalue weighted by Crippen LogP contribution is -2.50. The highest BCUT2D eigenvalue weighted by atomic mass is 16.5. The number of nitrogens with zero attached hydrogens (tertiary/aromatic N) is 3. The summed E-state index contributed by atoms with van der Waals surface area (Å²) >= 11 is 0. The highest BCUT2D eigenvalue weighted by Crippen LogP contribution is 2.43. The predicted molar refractivity (Wildman–Crippen MR) is 204 cm³/mol. The lowest BCUT2D eigenvalue weighted by Gasteiger charge is -2.43. The molecule has 2 amide bonds. The van der Waals surface area contributed by atoms with E-state index in [1.165, 1.54) is 5.01 Å². The molecule has 3 atom stereocenters. The fraction of sp³-hybridized carbons (Fsp3) is 0.452. The maximum absolute atomic E-state index is 14.9. The Morgan fingerprint density at radius 2 is 1.76 bits per heavy atom. The number of hydrazine groups is 1. The van der Waals surface area contributed by atoms with Crippen LogP contribution < -0.4 is 25.8 Å². The van der Waals surface area contributed by atoms with Gasteiger partial charge in [0.1, 0.15) is 30.5 Å². The average molecular weight is 740 g/mol. The summed E-state index contributed by atoms with van der Waals surface area (Å²) in [5.74, 6) is 6.13. The van der Waals surface area contributed by atoms with Crippen LogP contribution in [0.5, 0.6) is 17.2 Å². The Morgan fingerprint density at radius 1 is 1.00 bits per heavy atom. The molecule has 54 heavy (non-hydrogen) atoms. The standard InChI is InChI=1S/C42H53N5O7/c1-26(2)47(44)22-30(43)25-53-37-17-14-27(3)32-18-19-46(36(39(32)37)23-45-21-28-10-6-7-11-33(28)40(45)48)41(49)34-12-8-9-13-35(34)42(50)54-24-29-15-16-31(51-4)20-38(29)52-5/h6-7,10-11,14-17,20,22,26,34-36H,8-9,12-13,18-19,21,23-25,43-44H2,1-5H3/b30-22-. The molecule has 3 aliphatic rings. The molecular weight excluding hydrogens is 686 g/mol. The number of fused-ring (bicyclic) bond motifs is 2. The van der Waals surface area contributed by atoms with E-state index in [1.807, 2.05) is 66.1 Å². The molecular formula is C42H53N5O7. The number of hydrogen-bond acceptors (Lipinski definition) is 10. The van der Waals surface area contributed by atoms with E-state index in [4.69, 9.17) is 30.5 Å². The summed E-state index contributed by atoms with van der Waals surface area (Å²) in [7, 11) is 3.13. The van der Waals surface area contributed by atoms with Crippen LogP contribution in [0.15, 0.2) is 66.5 Å². The van der Waals surface area contributed by atoms with E-state index in [0.29, 0.717) is 66.4 Å². The van der Waals surface area contributed by atoms with Crippen LogP contribution in [0.25, 0.3) is 0 Å². The first-order valence-corrected chi connectivity index (χ1v) is 18.8. The second kappa shape index (κ2) is 16.8. The largest absolute Gasteiger partial charge is 0.497 e. The van der Waals surface area contributed by atoms with Gasteiger partial charge in [-0.2, -0.15) is 0 Å². The highest BCUT2D eigenvalue weighted by Gasteiger charge is 2.44. The van der Waals surface area contributed by atoms with Crippen molar-refractivity contribution in [1.82, 2.24) is 14.8 Å². The number of aryl methyl sites for hydroxylation is 1. The molecule has 4 N–H and O–H groups in total. The van der Waals surface area contributed by atoms with Crippen molar-refractivity contribution in [1.29, 1.82) is 0 Å². The van der Waals surface area contributed by atoms with Gasteiger partial charge in [0.2, 0.25) is 5.91 Å². The summed E-state index contributed by atoms with van der Waals surface area (Å²) in [4.78, 5) is 46.2. The molecule has 2 aliphatic heterocycles. The van der Waals surface area contributed by atoms with Gasteiger partial charge in [-0.05, 0) is 81.0 Å². The SMILES string of the molecule is COc1ccc(COC(=O)C2CCCCC2C(=O)N2CCc3c(C)ccc(OC/C(N)=C/N(N)C(C)C)c3C2CN2Cc3ccccc3C2=O)c(OC)c1. The molecule has 288 valence electrons. The van der Waals surface area contributed by atoms with Crippen molar-refractivity contribution in [2.75, 3.05) is 33.9 Å². The Morgan fingerprint density at radius 3 is 2.48 bits per heavy atom. The molecule has 1 saturated carbocycles. The number of esters is 1. The number of ether oxygens (including phenoxy) is 4. The van der Waals surface area contributed by atoms with E-state index in [0.717, 1.165) is 35.1 Å². The van der Waals surface area contributed by atoms with Crippen LogP contribution in [0.2, 0.25) is 0 Å². The third-order valence-electron chi connectivity index (χ3n) is 11.0. The quantitative estimate of drug-likeness (QED) is 0.132. The average Bonchev–Trinajstić information content (AvgIpc) is 3.50. The fourth-order valence-electron chi connectivity index (χ4n) is 7.93.